The maximum atomic E-state index is 11.6. The van der Waals surface area contributed by atoms with Crippen molar-refractivity contribution < 1.29 is 4.79 Å². The highest BCUT2D eigenvalue weighted by atomic mass is 35.5. The van der Waals surface area contributed by atoms with Crippen LogP contribution in [0.2, 0.25) is 0 Å². The lowest BCUT2D eigenvalue weighted by Crippen LogP contribution is -2.60. The molecule has 1 aromatic carbocycles. The summed E-state index contributed by atoms with van der Waals surface area (Å²) in [7, 11) is 0. The van der Waals surface area contributed by atoms with Gasteiger partial charge in [-0.1, -0.05) is 30.3 Å². The predicted molar refractivity (Wildman–Crippen MR) is 82.7 cm³/mol. The standard InChI is InChI=1S/C16H22N2O.ClH/c1-13(19)17-16-10-5-8-15(9-11-16)18(16)12-14-6-3-2-4-7-14;/h2-4,6-7,15H,5,8-12H2,1H3,(H,17,19);1H. The lowest BCUT2D eigenvalue weighted by molar-refractivity contribution is -0.124. The average molecular weight is 295 g/mol. The molecule has 1 aromatic rings. The Kier molecular flexibility index (Phi) is 4.71. The zero-order chi connectivity index (χ0) is 13.3. The molecule has 110 valence electrons. The summed E-state index contributed by atoms with van der Waals surface area (Å²) in [5.74, 6) is 0.0978. The number of carbonyl (C=O) groups excluding carboxylic acids is 1. The summed E-state index contributed by atoms with van der Waals surface area (Å²) in [5, 5.41) is 3.24. The summed E-state index contributed by atoms with van der Waals surface area (Å²) in [4.78, 5) is 14.1. The third-order valence-electron chi connectivity index (χ3n) is 4.61. The topological polar surface area (TPSA) is 32.3 Å². The minimum atomic E-state index is -0.0788. The molecule has 2 heterocycles. The van der Waals surface area contributed by atoms with Crippen LogP contribution in [0.15, 0.2) is 30.3 Å². The van der Waals surface area contributed by atoms with Gasteiger partial charge in [0.25, 0.3) is 0 Å². The van der Waals surface area contributed by atoms with Crippen LogP contribution in [0.1, 0.15) is 44.6 Å². The quantitative estimate of drug-likeness (QED) is 0.929. The number of amides is 1. The third-order valence-corrected chi connectivity index (χ3v) is 4.61. The Hall–Kier alpha value is -1.06. The monoisotopic (exact) mass is 294 g/mol. The second kappa shape index (κ2) is 6.15. The van der Waals surface area contributed by atoms with Crippen molar-refractivity contribution in [3.05, 3.63) is 35.9 Å². The first kappa shape index (κ1) is 15.3. The molecule has 2 saturated heterocycles. The Morgan fingerprint density at radius 2 is 2.05 bits per heavy atom. The van der Waals surface area contributed by atoms with Crippen LogP contribution in [0.25, 0.3) is 0 Å². The Labute approximate surface area is 127 Å². The lowest BCUT2D eigenvalue weighted by Gasteiger charge is -2.45. The van der Waals surface area contributed by atoms with Gasteiger partial charge in [-0.05, 0) is 37.7 Å². The van der Waals surface area contributed by atoms with Crippen molar-refractivity contribution >= 4 is 18.3 Å². The van der Waals surface area contributed by atoms with E-state index in [-0.39, 0.29) is 24.0 Å². The molecule has 4 heteroatoms. The average Bonchev–Trinajstić information content (AvgIpc) is 2.59. The largest absolute Gasteiger partial charge is 0.338 e. The number of hydrogen-bond donors (Lipinski definition) is 1. The van der Waals surface area contributed by atoms with Crippen LogP contribution in [0.4, 0.5) is 0 Å². The maximum Gasteiger partial charge on any atom is 0.218 e. The highest BCUT2D eigenvalue weighted by Gasteiger charge is 2.48. The van der Waals surface area contributed by atoms with Gasteiger partial charge in [0.15, 0.2) is 0 Å². The molecular weight excluding hydrogens is 272 g/mol. The van der Waals surface area contributed by atoms with Gasteiger partial charge < -0.3 is 5.32 Å². The highest BCUT2D eigenvalue weighted by Crippen LogP contribution is 2.43. The molecule has 3 rings (SSSR count). The van der Waals surface area contributed by atoms with E-state index in [0.717, 1.165) is 19.4 Å². The number of fused-ring (bicyclic) bond motifs is 2. The van der Waals surface area contributed by atoms with Crippen LogP contribution in [-0.2, 0) is 11.3 Å². The number of benzene rings is 1. The summed E-state index contributed by atoms with van der Waals surface area (Å²) in [6.45, 7) is 2.59. The number of nitrogens with zero attached hydrogens (tertiary/aromatic N) is 1. The van der Waals surface area contributed by atoms with Crippen molar-refractivity contribution in [2.75, 3.05) is 0 Å². The van der Waals surface area contributed by atoms with Crippen molar-refractivity contribution in [3.63, 3.8) is 0 Å². The fourth-order valence-electron chi connectivity index (χ4n) is 3.84. The molecule has 2 fully saturated rings. The first-order chi connectivity index (χ1) is 9.20. The van der Waals surface area contributed by atoms with Gasteiger partial charge in [0.05, 0.1) is 5.66 Å². The van der Waals surface area contributed by atoms with E-state index in [2.05, 4.69) is 40.5 Å². The molecule has 20 heavy (non-hydrogen) atoms. The fraction of sp³-hybridized carbons (Fsp3) is 0.562. The number of rotatable bonds is 3. The van der Waals surface area contributed by atoms with Gasteiger partial charge >= 0.3 is 0 Å². The zero-order valence-electron chi connectivity index (χ0n) is 12.0. The van der Waals surface area contributed by atoms with Gasteiger partial charge in [-0.15, -0.1) is 12.4 Å². The molecule has 2 aliphatic heterocycles. The summed E-state index contributed by atoms with van der Waals surface area (Å²) >= 11 is 0. The molecular formula is C16H23ClN2O. The van der Waals surface area contributed by atoms with Gasteiger partial charge in [0.1, 0.15) is 0 Å². The second-order valence-corrected chi connectivity index (χ2v) is 5.91. The van der Waals surface area contributed by atoms with Crippen molar-refractivity contribution in [1.82, 2.24) is 10.2 Å². The van der Waals surface area contributed by atoms with E-state index in [9.17, 15) is 4.79 Å². The van der Waals surface area contributed by atoms with Crippen LogP contribution >= 0.6 is 12.4 Å². The summed E-state index contributed by atoms with van der Waals surface area (Å²) in [6.07, 6.45) is 5.91. The van der Waals surface area contributed by atoms with Gasteiger partial charge in [0, 0.05) is 19.5 Å². The normalized spacial score (nSPS) is 28.8. The first-order valence-electron chi connectivity index (χ1n) is 7.29. The van der Waals surface area contributed by atoms with Crippen LogP contribution < -0.4 is 5.32 Å². The van der Waals surface area contributed by atoms with Crippen LogP contribution in [-0.4, -0.2) is 22.5 Å². The molecule has 2 bridgehead atoms. The molecule has 2 aliphatic rings. The zero-order valence-corrected chi connectivity index (χ0v) is 12.8. The smallest absolute Gasteiger partial charge is 0.218 e. The number of hydrogen-bond acceptors (Lipinski definition) is 2. The van der Waals surface area contributed by atoms with E-state index < -0.39 is 0 Å². The molecule has 2 unspecified atom stereocenters. The molecule has 0 saturated carbocycles. The molecule has 3 nitrogen and oxygen atoms in total. The van der Waals surface area contributed by atoms with Gasteiger partial charge in [-0.25, -0.2) is 0 Å². The molecule has 0 radical (unpaired) electrons. The van der Waals surface area contributed by atoms with E-state index in [1.165, 1.54) is 24.8 Å². The van der Waals surface area contributed by atoms with Crippen LogP contribution in [0.5, 0.6) is 0 Å². The molecule has 2 atom stereocenters. The van der Waals surface area contributed by atoms with E-state index in [0.29, 0.717) is 6.04 Å². The second-order valence-electron chi connectivity index (χ2n) is 5.91. The highest BCUT2D eigenvalue weighted by molar-refractivity contribution is 5.85. The summed E-state index contributed by atoms with van der Waals surface area (Å²) in [6, 6.07) is 11.2. The Morgan fingerprint density at radius 1 is 1.30 bits per heavy atom. The fourth-order valence-corrected chi connectivity index (χ4v) is 3.84. The molecule has 1 amide bonds. The molecule has 0 spiro atoms. The summed E-state index contributed by atoms with van der Waals surface area (Å²) in [5.41, 5.74) is 1.26. The summed E-state index contributed by atoms with van der Waals surface area (Å²) < 4.78 is 0. The van der Waals surface area contributed by atoms with Crippen LogP contribution in [0, 0.1) is 0 Å². The van der Waals surface area contributed by atoms with Crippen molar-refractivity contribution in [1.29, 1.82) is 0 Å². The molecule has 0 aliphatic carbocycles. The number of halogens is 1. The van der Waals surface area contributed by atoms with E-state index in [1.807, 2.05) is 0 Å². The van der Waals surface area contributed by atoms with Crippen LogP contribution in [0.3, 0.4) is 0 Å². The molecule has 0 aromatic heterocycles. The van der Waals surface area contributed by atoms with E-state index >= 15 is 0 Å². The number of carbonyl (C=O) groups is 1. The first-order valence-corrected chi connectivity index (χ1v) is 7.29. The van der Waals surface area contributed by atoms with Gasteiger partial charge in [-0.2, -0.15) is 0 Å². The minimum Gasteiger partial charge on any atom is -0.338 e. The SMILES string of the molecule is CC(=O)NC12CCCC(CC1)N2Cc1ccccc1.Cl. The number of nitrogens with one attached hydrogen (secondary N) is 1. The molecule has 1 N–H and O–H groups in total. The van der Waals surface area contributed by atoms with Gasteiger partial charge in [-0.3, -0.25) is 9.69 Å². The third kappa shape index (κ3) is 2.84. The van der Waals surface area contributed by atoms with Gasteiger partial charge in [0.2, 0.25) is 5.91 Å². The Balaban J connectivity index is 0.00000147. The van der Waals surface area contributed by atoms with Crippen molar-refractivity contribution in [2.24, 2.45) is 0 Å². The van der Waals surface area contributed by atoms with E-state index in [1.54, 1.807) is 6.92 Å². The number of piperidine rings is 1. The van der Waals surface area contributed by atoms with Crippen molar-refractivity contribution in [2.45, 2.75) is 57.3 Å². The maximum absolute atomic E-state index is 11.6. The minimum absolute atomic E-state index is 0. The lowest BCUT2D eigenvalue weighted by atomic mass is 9.95. The Morgan fingerprint density at radius 3 is 2.75 bits per heavy atom. The Bertz CT molecular complexity index is 461. The van der Waals surface area contributed by atoms with E-state index in [4.69, 9.17) is 0 Å². The van der Waals surface area contributed by atoms with Crippen molar-refractivity contribution in [3.8, 4) is 0 Å². The predicted octanol–water partition coefficient (Wildman–Crippen LogP) is 3.09.